The molecule has 2 nitrogen and oxygen atoms in total. The Morgan fingerprint density at radius 1 is 1.25 bits per heavy atom. The zero-order chi connectivity index (χ0) is 8.55. The lowest BCUT2D eigenvalue weighted by Crippen LogP contribution is -2.19. The van der Waals surface area contributed by atoms with Gasteiger partial charge >= 0.3 is 0 Å². The molecule has 2 bridgehead atoms. The molecule has 0 aromatic carbocycles. The first-order chi connectivity index (χ1) is 5.85. The topological polar surface area (TPSA) is 36.1 Å². The van der Waals surface area contributed by atoms with Crippen molar-refractivity contribution >= 4 is 17.4 Å². The summed E-state index contributed by atoms with van der Waals surface area (Å²) >= 11 is 4.58. The van der Waals surface area contributed by atoms with E-state index in [9.17, 15) is 0 Å². The fourth-order valence-electron chi connectivity index (χ4n) is 2.63. The van der Waals surface area contributed by atoms with Crippen LogP contribution in [0.1, 0.15) is 19.3 Å². The SMILES string of the molecule is N#C[C@H]1C[C@H]2C[C@@H]1C[C@@H]2N=C=S. The summed E-state index contributed by atoms with van der Waals surface area (Å²) in [4.78, 5) is 4.13. The molecular formula is C9H10N2S. The second kappa shape index (κ2) is 2.97. The van der Waals surface area contributed by atoms with Crippen molar-refractivity contribution in [2.24, 2.45) is 22.7 Å². The number of hydrogen-bond acceptors (Lipinski definition) is 3. The van der Waals surface area contributed by atoms with Gasteiger partial charge in [0.15, 0.2) is 0 Å². The zero-order valence-corrected chi connectivity index (χ0v) is 7.55. The van der Waals surface area contributed by atoms with Crippen molar-refractivity contribution in [2.45, 2.75) is 25.3 Å². The molecule has 0 spiro atoms. The molecular weight excluding hydrogens is 168 g/mol. The number of isothiocyanates is 1. The summed E-state index contributed by atoms with van der Waals surface area (Å²) in [6.45, 7) is 0. The molecule has 62 valence electrons. The molecule has 0 radical (unpaired) electrons. The Morgan fingerprint density at radius 3 is 2.58 bits per heavy atom. The van der Waals surface area contributed by atoms with Gasteiger partial charge in [-0.15, -0.1) is 0 Å². The first kappa shape index (κ1) is 7.91. The summed E-state index contributed by atoms with van der Waals surface area (Å²) in [6.07, 6.45) is 3.28. The number of rotatable bonds is 1. The Kier molecular flexibility index (Phi) is 1.96. The van der Waals surface area contributed by atoms with E-state index in [-0.39, 0.29) is 0 Å². The van der Waals surface area contributed by atoms with Gasteiger partial charge in [-0.25, -0.2) is 4.99 Å². The molecule has 0 aliphatic heterocycles. The second-order valence-corrected chi connectivity index (χ2v) is 3.93. The average Bonchev–Trinajstić information content (AvgIpc) is 2.62. The van der Waals surface area contributed by atoms with Crippen LogP contribution in [-0.4, -0.2) is 11.2 Å². The van der Waals surface area contributed by atoms with Gasteiger partial charge in [0.1, 0.15) is 0 Å². The third-order valence-corrected chi connectivity index (χ3v) is 3.31. The van der Waals surface area contributed by atoms with Crippen LogP contribution in [0.2, 0.25) is 0 Å². The third-order valence-electron chi connectivity index (χ3n) is 3.20. The maximum absolute atomic E-state index is 8.79. The summed E-state index contributed by atoms with van der Waals surface area (Å²) in [5, 5.41) is 11.2. The van der Waals surface area contributed by atoms with Gasteiger partial charge in [0.05, 0.1) is 17.3 Å². The lowest BCUT2D eigenvalue weighted by atomic mass is 9.87. The Bertz CT molecular complexity index is 275. The van der Waals surface area contributed by atoms with Crippen LogP contribution in [0, 0.1) is 29.1 Å². The summed E-state index contributed by atoms with van der Waals surface area (Å²) in [7, 11) is 0. The van der Waals surface area contributed by atoms with Crippen LogP contribution in [0.4, 0.5) is 0 Å². The van der Waals surface area contributed by atoms with E-state index in [1.807, 2.05) is 0 Å². The third kappa shape index (κ3) is 1.08. The average molecular weight is 178 g/mol. The maximum Gasteiger partial charge on any atom is 0.0658 e. The normalized spacial score (nSPS) is 43.6. The molecule has 0 unspecified atom stereocenters. The Balaban J connectivity index is 2.08. The van der Waals surface area contributed by atoms with Gasteiger partial charge in [-0.2, -0.15) is 5.26 Å². The van der Waals surface area contributed by atoms with E-state index in [4.69, 9.17) is 5.26 Å². The quantitative estimate of drug-likeness (QED) is 0.455. The molecule has 0 heterocycles. The standard InChI is InChI=1S/C9H10N2S/c10-4-8-2-7-1-6(8)3-9(7)11-5-12/h6-9H,1-3H2/t6-,7-,8-,9+/m1/s1. The molecule has 0 aromatic heterocycles. The van der Waals surface area contributed by atoms with Gasteiger partial charge < -0.3 is 0 Å². The Labute approximate surface area is 77.3 Å². The van der Waals surface area contributed by atoms with E-state index in [1.165, 1.54) is 6.42 Å². The van der Waals surface area contributed by atoms with Crippen LogP contribution >= 0.6 is 12.2 Å². The van der Waals surface area contributed by atoms with Crippen LogP contribution in [0.5, 0.6) is 0 Å². The highest BCUT2D eigenvalue weighted by Gasteiger charge is 2.45. The molecule has 2 aliphatic carbocycles. The largest absolute Gasteiger partial charge is 0.229 e. The van der Waals surface area contributed by atoms with Crippen molar-refractivity contribution in [3.8, 4) is 6.07 Å². The fraction of sp³-hybridized carbons (Fsp3) is 0.778. The highest BCUT2D eigenvalue weighted by atomic mass is 32.1. The van der Waals surface area contributed by atoms with Crippen LogP contribution in [0.15, 0.2) is 4.99 Å². The predicted octanol–water partition coefficient (Wildman–Crippen LogP) is 2.03. The molecule has 12 heavy (non-hydrogen) atoms. The van der Waals surface area contributed by atoms with Crippen molar-refractivity contribution < 1.29 is 0 Å². The number of fused-ring (bicyclic) bond motifs is 2. The molecule has 4 atom stereocenters. The van der Waals surface area contributed by atoms with E-state index in [0.29, 0.717) is 23.8 Å². The van der Waals surface area contributed by atoms with Gasteiger partial charge in [-0.05, 0) is 43.3 Å². The predicted molar refractivity (Wildman–Crippen MR) is 48.7 cm³/mol. The molecule has 2 saturated carbocycles. The van der Waals surface area contributed by atoms with Gasteiger partial charge in [-0.3, -0.25) is 0 Å². The number of nitriles is 1. The monoisotopic (exact) mass is 178 g/mol. The minimum Gasteiger partial charge on any atom is -0.229 e. The molecule has 0 aromatic rings. The summed E-state index contributed by atoms with van der Waals surface area (Å²) in [5.74, 6) is 1.51. The van der Waals surface area contributed by atoms with E-state index < -0.39 is 0 Å². The van der Waals surface area contributed by atoms with Crippen LogP contribution in [0.25, 0.3) is 0 Å². The molecule has 2 rings (SSSR count). The summed E-state index contributed by atoms with van der Waals surface area (Å²) in [6, 6.07) is 2.76. The number of aliphatic imine (C=N–C) groups is 1. The van der Waals surface area contributed by atoms with Gasteiger partial charge in [0.25, 0.3) is 0 Å². The summed E-state index contributed by atoms with van der Waals surface area (Å²) in [5.41, 5.74) is 0. The van der Waals surface area contributed by atoms with Gasteiger partial charge in [0.2, 0.25) is 0 Å². The van der Waals surface area contributed by atoms with E-state index in [0.717, 1.165) is 12.8 Å². The Morgan fingerprint density at radius 2 is 2.08 bits per heavy atom. The van der Waals surface area contributed by atoms with Crippen molar-refractivity contribution in [3.63, 3.8) is 0 Å². The Hall–Kier alpha value is -0.710. The lowest BCUT2D eigenvalue weighted by molar-refractivity contribution is 0.363. The van der Waals surface area contributed by atoms with Crippen LogP contribution in [0.3, 0.4) is 0 Å². The summed E-state index contributed by atoms with van der Waals surface area (Å²) < 4.78 is 0. The second-order valence-electron chi connectivity index (χ2n) is 3.75. The van der Waals surface area contributed by atoms with E-state index in [1.54, 1.807) is 0 Å². The molecule has 0 saturated heterocycles. The van der Waals surface area contributed by atoms with Crippen molar-refractivity contribution in [1.82, 2.24) is 0 Å². The number of hydrogen-bond donors (Lipinski definition) is 0. The van der Waals surface area contributed by atoms with Gasteiger partial charge in [-0.1, -0.05) is 0 Å². The minimum atomic E-state index is 0.298. The first-order valence-electron chi connectivity index (χ1n) is 4.31. The van der Waals surface area contributed by atoms with Crippen molar-refractivity contribution in [1.29, 1.82) is 5.26 Å². The maximum atomic E-state index is 8.79. The van der Waals surface area contributed by atoms with Crippen LogP contribution in [-0.2, 0) is 0 Å². The molecule has 2 fully saturated rings. The number of thiocarbonyl (C=S) groups is 1. The van der Waals surface area contributed by atoms with E-state index >= 15 is 0 Å². The molecule has 0 N–H and O–H groups in total. The molecule has 2 aliphatic rings. The lowest BCUT2D eigenvalue weighted by Gasteiger charge is -2.19. The van der Waals surface area contributed by atoms with Crippen molar-refractivity contribution in [3.05, 3.63) is 0 Å². The molecule has 0 amide bonds. The zero-order valence-electron chi connectivity index (χ0n) is 6.73. The van der Waals surface area contributed by atoms with E-state index in [2.05, 4.69) is 28.4 Å². The highest BCUT2D eigenvalue weighted by Crippen LogP contribution is 2.49. The highest BCUT2D eigenvalue weighted by molar-refractivity contribution is 7.78. The molecule has 3 heteroatoms. The smallest absolute Gasteiger partial charge is 0.0658 e. The van der Waals surface area contributed by atoms with Crippen molar-refractivity contribution in [2.75, 3.05) is 0 Å². The minimum absolute atomic E-state index is 0.298. The van der Waals surface area contributed by atoms with Crippen LogP contribution < -0.4 is 0 Å². The fourth-order valence-corrected chi connectivity index (χ4v) is 2.76. The first-order valence-corrected chi connectivity index (χ1v) is 4.72. The van der Waals surface area contributed by atoms with Gasteiger partial charge in [0, 0.05) is 5.92 Å². The number of nitrogens with zero attached hydrogens (tertiary/aromatic N) is 2.